The van der Waals surface area contributed by atoms with Gasteiger partial charge in [0.15, 0.2) is 0 Å². The van der Waals surface area contributed by atoms with Crippen molar-refractivity contribution in [2.24, 2.45) is 0 Å². The highest BCUT2D eigenvalue weighted by molar-refractivity contribution is 5.24. The first kappa shape index (κ1) is 17.9. The maximum atomic E-state index is 10.5. The lowest BCUT2D eigenvalue weighted by molar-refractivity contribution is -0.698. The Labute approximate surface area is 115 Å². The van der Waals surface area contributed by atoms with E-state index in [2.05, 4.69) is 0 Å². The third-order valence-corrected chi connectivity index (χ3v) is 1.71. The van der Waals surface area contributed by atoms with E-state index in [1.165, 1.54) is 0 Å². The highest BCUT2D eigenvalue weighted by Gasteiger charge is 2.48. The van der Waals surface area contributed by atoms with Crippen LogP contribution in [0.3, 0.4) is 0 Å². The molecule has 0 amide bonds. The predicted molar refractivity (Wildman–Crippen MR) is 55.5 cm³/mol. The average Bonchev–Trinajstić information content (AvgIpc) is 2.24. The molecule has 0 rings (SSSR count). The predicted octanol–water partition coefficient (Wildman–Crippen LogP) is -1.16. The van der Waals surface area contributed by atoms with Crippen molar-refractivity contribution in [1.82, 2.24) is 0 Å². The zero-order valence-electron chi connectivity index (χ0n) is 9.58. The van der Waals surface area contributed by atoms with Gasteiger partial charge in [0.1, 0.15) is 0 Å². The molecule has 0 bridgehead atoms. The summed E-state index contributed by atoms with van der Waals surface area (Å²) in [6.07, 6.45) is -5.32. The summed E-state index contributed by atoms with van der Waals surface area (Å²) < 4.78 is 0. The molecule has 0 aromatic heterocycles. The molecule has 0 aromatic rings. The highest BCUT2D eigenvalue weighted by Crippen LogP contribution is 2.30. The fourth-order valence-corrected chi connectivity index (χ4v) is 1.05. The Morgan fingerprint density at radius 3 is 0.909 bits per heavy atom. The summed E-state index contributed by atoms with van der Waals surface area (Å²) in [5, 5.41) is 62.8. The fourth-order valence-electron chi connectivity index (χ4n) is 1.05. The molecule has 0 aliphatic rings. The summed E-state index contributed by atoms with van der Waals surface area (Å²) in [6, 6.07) is 0. The molecule has 0 saturated carbocycles. The summed E-state index contributed by atoms with van der Waals surface area (Å²) >= 11 is 0. The van der Waals surface area contributed by atoms with E-state index in [1.807, 2.05) is 0 Å². The highest BCUT2D eigenvalue weighted by atomic mass is 16.7. The molecule has 0 unspecified atom stereocenters. The Kier molecular flexibility index (Phi) is 5.17. The molecule has 0 N–H and O–H groups in total. The third-order valence-electron chi connectivity index (χ3n) is 1.71. The minimum atomic E-state index is -2.66. The SMILES string of the molecule is O=[N+]([O-])C(=C([C-]([N+](=O)[O-])[N+](=O)[O-])[C-]([N+](=O)[O-])[N+](=O)[O-])[N+](=O)[O-]. The van der Waals surface area contributed by atoms with E-state index >= 15 is 0 Å². The van der Waals surface area contributed by atoms with E-state index in [1.54, 1.807) is 0 Å². The zero-order chi connectivity index (χ0) is 17.8. The van der Waals surface area contributed by atoms with Crippen molar-refractivity contribution >= 4 is 0 Å². The minimum Gasteiger partial charge on any atom is -0.277 e. The Morgan fingerprint density at radius 1 is 0.545 bits per heavy atom. The van der Waals surface area contributed by atoms with Crippen LogP contribution in [0.2, 0.25) is 0 Å². The molecule has 0 atom stereocenters. The number of hydrogen-bond acceptors (Lipinski definition) is 12. The normalized spacial score (nSPS) is 9.27. The van der Waals surface area contributed by atoms with Crippen molar-refractivity contribution in [2.75, 3.05) is 0 Å². The van der Waals surface area contributed by atoms with Crippen LogP contribution in [0, 0.1) is 73.0 Å². The maximum Gasteiger partial charge on any atom is 0.373 e. The standard InChI is InChI=1S/C4N6O12/c11-5(12)2(6(13)14)1(3(7(15)16)8(17)18)4(9(19)20)10(21)22/q-2. The molecule has 0 fully saturated rings. The fraction of sp³-hybridized carbons (Fsp3) is 0. The molecule has 0 aliphatic carbocycles. The molecule has 22 heavy (non-hydrogen) atoms. The molecular weight excluding hydrogens is 324 g/mol. The zero-order valence-corrected chi connectivity index (χ0v) is 9.58. The Balaban J connectivity index is 6.87. The number of rotatable bonds is 8. The molecule has 120 valence electrons. The summed E-state index contributed by atoms with van der Waals surface area (Å²) in [5.74, 6) is -2.66. The third kappa shape index (κ3) is 3.46. The van der Waals surface area contributed by atoms with Crippen molar-refractivity contribution in [3.63, 3.8) is 0 Å². The van der Waals surface area contributed by atoms with Gasteiger partial charge in [-0.15, -0.1) is 0 Å². The van der Waals surface area contributed by atoms with Gasteiger partial charge in [-0.3, -0.25) is 60.7 Å². The first-order valence-electron chi connectivity index (χ1n) is 4.28. The average molecular weight is 324 g/mol. The number of hydrogen-bond donors (Lipinski definition) is 0. The van der Waals surface area contributed by atoms with Gasteiger partial charge in [0.25, 0.3) is 0 Å². The van der Waals surface area contributed by atoms with Crippen LogP contribution in [0.15, 0.2) is 11.4 Å². The molecule has 0 heterocycles. The number of nitro groups is 6. The van der Waals surface area contributed by atoms with Crippen LogP contribution in [0.4, 0.5) is 0 Å². The van der Waals surface area contributed by atoms with Crippen LogP contribution >= 0.6 is 0 Å². The van der Waals surface area contributed by atoms with Crippen LogP contribution in [0.1, 0.15) is 0 Å². The topological polar surface area (TPSA) is 259 Å². The molecular formula is C4N6O12-2. The monoisotopic (exact) mass is 324 g/mol. The minimum absolute atomic E-state index is 2.07. The molecule has 0 aromatic carbocycles. The smallest absolute Gasteiger partial charge is 0.277 e. The quantitative estimate of drug-likeness (QED) is 0.290. The Hall–Kier alpha value is -4.12. The van der Waals surface area contributed by atoms with Gasteiger partial charge in [-0.2, -0.15) is 0 Å². The lowest BCUT2D eigenvalue weighted by Gasteiger charge is -2.17. The van der Waals surface area contributed by atoms with Gasteiger partial charge in [0, 0.05) is 29.5 Å². The van der Waals surface area contributed by atoms with E-state index < -0.39 is 53.3 Å². The van der Waals surface area contributed by atoms with Gasteiger partial charge in [-0.1, -0.05) is 0 Å². The lowest BCUT2D eigenvalue weighted by atomic mass is 10.1. The van der Waals surface area contributed by atoms with Crippen LogP contribution in [-0.2, 0) is 0 Å². The van der Waals surface area contributed by atoms with E-state index in [0.29, 0.717) is 0 Å². The molecule has 18 nitrogen and oxygen atoms in total. The Bertz CT molecular complexity index is 529. The van der Waals surface area contributed by atoms with Crippen molar-refractivity contribution in [3.05, 3.63) is 84.4 Å². The van der Waals surface area contributed by atoms with Gasteiger partial charge in [0.2, 0.25) is 0 Å². The van der Waals surface area contributed by atoms with E-state index in [0.717, 1.165) is 0 Å². The maximum absolute atomic E-state index is 10.5. The lowest BCUT2D eigenvalue weighted by Crippen LogP contribution is -2.35. The second-order valence-electron chi connectivity index (χ2n) is 2.89. The number of nitrogens with zero attached hydrogens (tertiary/aromatic N) is 6. The summed E-state index contributed by atoms with van der Waals surface area (Å²) in [7, 11) is 0. The summed E-state index contributed by atoms with van der Waals surface area (Å²) in [6.45, 7) is 0. The van der Waals surface area contributed by atoms with Crippen LogP contribution < -0.4 is 0 Å². The first-order chi connectivity index (χ1) is 9.93. The summed E-state index contributed by atoms with van der Waals surface area (Å²) in [5.41, 5.74) is -2.56. The van der Waals surface area contributed by atoms with E-state index in [9.17, 15) is 60.7 Å². The van der Waals surface area contributed by atoms with Crippen molar-refractivity contribution in [2.45, 2.75) is 0 Å². The van der Waals surface area contributed by atoms with E-state index in [4.69, 9.17) is 0 Å². The second kappa shape index (κ2) is 6.36. The molecule has 0 aliphatic heterocycles. The van der Waals surface area contributed by atoms with Crippen molar-refractivity contribution < 1.29 is 29.5 Å². The van der Waals surface area contributed by atoms with E-state index in [-0.39, 0.29) is 0 Å². The molecule has 0 radical (unpaired) electrons. The largest absolute Gasteiger partial charge is 0.373 e. The van der Waals surface area contributed by atoms with Crippen LogP contribution in [-0.4, -0.2) is 29.5 Å². The second-order valence-corrected chi connectivity index (χ2v) is 2.89. The summed E-state index contributed by atoms with van der Waals surface area (Å²) in [4.78, 5) is 50.4. The molecule has 0 spiro atoms. The van der Waals surface area contributed by atoms with Gasteiger partial charge < -0.3 is 0 Å². The van der Waals surface area contributed by atoms with Gasteiger partial charge in [-0.25, -0.2) is 0 Å². The van der Waals surface area contributed by atoms with Crippen LogP contribution in [0.25, 0.3) is 0 Å². The van der Waals surface area contributed by atoms with Crippen molar-refractivity contribution in [3.8, 4) is 0 Å². The first-order valence-corrected chi connectivity index (χ1v) is 4.28. The Morgan fingerprint density at radius 2 is 0.773 bits per heavy atom. The van der Waals surface area contributed by atoms with Crippen molar-refractivity contribution in [1.29, 1.82) is 0 Å². The van der Waals surface area contributed by atoms with Crippen LogP contribution in [0.5, 0.6) is 0 Å². The molecule has 18 heteroatoms. The van der Waals surface area contributed by atoms with Gasteiger partial charge in [0.05, 0.1) is 5.57 Å². The molecule has 0 saturated heterocycles. The van der Waals surface area contributed by atoms with Gasteiger partial charge >= 0.3 is 18.2 Å². The van der Waals surface area contributed by atoms with Gasteiger partial charge in [-0.05, 0) is 0 Å².